The van der Waals surface area contributed by atoms with Gasteiger partial charge in [0, 0.05) is 6.04 Å². The normalized spacial score (nSPS) is 31.2. The van der Waals surface area contributed by atoms with Crippen molar-refractivity contribution in [2.24, 2.45) is 5.92 Å². The van der Waals surface area contributed by atoms with Gasteiger partial charge in [0.15, 0.2) is 0 Å². The van der Waals surface area contributed by atoms with Crippen LogP contribution in [0.4, 0.5) is 0 Å². The highest BCUT2D eigenvalue weighted by Crippen LogP contribution is 2.36. The van der Waals surface area contributed by atoms with E-state index in [9.17, 15) is 5.11 Å². The largest absolute Gasteiger partial charge is 0.390 e. The van der Waals surface area contributed by atoms with Crippen LogP contribution in [0.2, 0.25) is 0 Å². The summed E-state index contributed by atoms with van der Waals surface area (Å²) in [4.78, 5) is 0. The van der Waals surface area contributed by atoms with Crippen molar-refractivity contribution in [3.63, 3.8) is 0 Å². The minimum atomic E-state index is -0.433. The van der Waals surface area contributed by atoms with Gasteiger partial charge in [-0.15, -0.1) is 0 Å². The molecule has 2 fully saturated rings. The zero-order valence-electron chi connectivity index (χ0n) is 9.97. The second-order valence-electron chi connectivity index (χ2n) is 5.83. The van der Waals surface area contributed by atoms with Gasteiger partial charge < -0.3 is 10.4 Å². The molecular weight excluding hydrogens is 186 g/mol. The first-order chi connectivity index (χ1) is 7.16. The minimum Gasteiger partial charge on any atom is -0.390 e. The van der Waals surface area contributed by atoms with Crippen molar-refractivity contribution in [1.29, 1.82) is 0 Å². The molecule has 2 rings (SSSR count). The van der Waals surface area contributed by atoms with E-state index in [0.717, 1.165) is 25.3 Å². The molecule has 1 aliphatic carbocycles. The lowest BCUT2D eigenvalue weighted by Crippen LogP contribution is -2.40. The van der Waals surface area contributed by atoms with Crippen LogP contribution in [0.25, 0.3) is 0 Å². The highest BCUT2D eigenvalue weighted by atomic mass is 16.3. The van der Waals surface area contributed by atoms with Crippen molar-refractivity contribution >= 4 is 0 Å². The van der Waals surface area contributed by atoms with E-state index in [1.165, 1.54) is 38.5 Å². The van der Waals surface area contributed by atoms with Gasteiger partial charge >= 0.3 is 0 Å². The van der Waals surface area contributed by atoms with Crippen LogP contribution in [0.5, 0.6) is 0 Å². The van der Waals surface area contributed by atoms with Crippen molar-refractivity contribution in [1.82, 2.24) is 5.32 Å². The van der Waals surface area contributed by atoms with Crippen molar-refractivity contribution in [2.75, 3.05) is 6.54 Å². The van der Waals surface area contributed by atoms with Crippen molar-refractivity contribution in [3.05, 3.63) is 0 Å². The molecule has 2 N–H and O–H groups in total. The van der Waals surface area contributed by atoms with Gasteiger partial charge in [0.05, 0.1) is 5.60 Å². The smallest absolute Gasteiger partial charge is 0.0634 e. The lowest BCUT2D eigenvalue weighted by atomic mass is 9.88. The molecule has 0 aromatic carbocycles. The number of rotatable bonds is 5. The molecule has 15 heavy (non-hydrogen) atoms. The molecular formula is C13H25NO. The Morgan fingerprint density at radius 3 is 2.67 bits per heavy atom. The fraction of sp³-hybridized carbons (Fsp3) is 1.00. The van der Waals surface area contributed by atoms with E-state index >= 15 is 0 Å². The van der Waals surface area contributed by atoms with Crippen molar-refractivity contribution in [2.45, 2.75) is 69.9 Å². The lowest BCUT2D eigenvalue weighted by molar-refractivity contribution is 0.0253. The van der Waals surface area contributed by atoms with Crippen molar-refractivity contribution in [3.8, 4) is 0 Å². The molecule has 0 bridgehead atoms. The van der Waals surface area contributed by atoms with Gasteiger partial charge in [0.25, 0.3) is 0 Å². The van der Waals surface area contributed by atoms with Crippen LogP contribution < -0.4 is 5.32 Å². The third-order valence-electron chi connectivity index (χ3n) is 3.89. The van der Waals surface area contributed by atoms with E-state index in [1.807, 2.05) is 6.92 Å². The van der Waals surface area contributed by atoms with Crippen molar-refractivity contribution < 1.29 is 5.11 Å². The standard InChI is InChI=1S/C13H25NO/c1-13(15,8-7-11-5-6-11)10-12-4-2-3-9-14-12/h11-12,14-15H,2-10H2,1H3. The Morgan fingerprint density at radius 1 is 1.27 bits per heavy atom. The summed E-state index contributed by atoms with van der Waals surface area (Å²) >= 11 is 0. The monoisotopic (exact) mass is 211 g/mol. The van der Waals surface area contributed by atoms with E-state index in [2.05, 4.69) is 5.32 Å². The molecule has 2 atom stereocenters. The van der Waals surface area contributed by atoms with Crippen LogP contribution >= 0.6 is 0 Å². The Hall–Kier alpha value is -0.0800. The second kappa shape index (κ2) is 4.84. The average Bonchev–Trinajstić information content (AvgIpc) is 2.99. The maximum absolute atomic E-state index is 10.3. The molecule has 0 aromatic heterocycles. The quantitative estimate of drug-likeness (QED) is 0.732. The Kier molecular flexibility index (Phi) is 3.68. The molecule has 0 amide bonds. The number of nitrogens with one attached hydrogen (secondary N) is 1. The Morgan fingerprint density at radius 2 is 2.07 bits per heavy atom. The third-order valence-corrected chi connectivity index (χ3v) is 3.89. The summed E-state index contributed by atoms with van der Waals surface area (Å²) < 4.78 is 0. The topological polar surface area (TPSA) is 32.3 Å². The Balaban J connectivity index is 1.69. The first kappa shape index (κ1) is 11.4. The van der Waals surface area contributed by atoms with Gasteiger partial charge in [-0.3, -0.25) is 0 Å². The van der Waals surface area contributed by atoms with Gasteiger partial charge in [0.1, 0.15) is 0 Å². The van der Waals surface area contributed by atoms with E-state index in [0.29, 0.717) is 6.04 Å². The first-order valence-corrected chi connectivity index (χ1v) is 6.61. The molecule has 1 aliphatic heterocycles. The minimum absolute atomic E-state index is 0.433. The predicted molar refractivity (Wildman–Crippen MR) is 62.8 cm³/mol. The molecule has 0 radical (unpaired) electrons. The predicted octanol–water partition coefficient (Wildman–Crippen LogP) is 2.46. The number of piperidine rings is 1. The van der Waals surface area contributed by atoms with E-state index in [4.69, 9.17) is 0 Å². The maximum atomic E-state index is 10.3. The van der Waals surface area contributed by atoms with Gasteiger partial charge in [-0.2, -0.15) is 0 Å². The van der Waals surface area contributed by atoms with Crippen LogP contribution in [0.3, 0.4) is 0 Å². The third kappa shape index (κ3) is 4.12. The molecule has 2 nitrogen and oxygen atoms in total. The number of hydrogen-bond donors (Lipinski definition) is 2. The van der Waals surface area contributed by atoms with Crippen LogP contribution in [0, 0.1) is 5.92 Å². The summed E-state index contributed by atoms with van der Waals surface area (Å²) in [6, 6.07) is 0.563. The summed E-state index contributed by atoms with van der Waals surface area (Å²) in [5.74, 6) is 0.941. The molecule has 1 saturated carbocycles. The Bertz CT molecular complexity index is 193. The van der Waals surface area contributed by atoms with Crippen LogP contribution in [-0.4, -0.2) is 23.3 Å². The average molecular weight is 211 g/mol. The zero-order chi connectivity index (χ0) is 10.7. The molecule has 2 heteroatoms. The van der Waals surface area contributed by atoms with Gasteiger partial charge in [0.2, 0.25) is 0 Å². The van der Waals surface area contributed by atoms with Crippen LogP contribution in [0.1, 0.15) is 58.3 Å². The Labute approximate surface area is 93.5 Å². The van der Waals surface area contributed by atoms with Gasteiger partial charge in [-0.25, -0.2) is 0 Å². The summed E-state index contributed by atoms with van der Waals surface area (Å²) in [5, 5.41) is 13.8. The first-order valence-electron chi connectivity index (χ1n) is 6.61. The van der Waals surface area contributed by atoms with E-state index < -0.39 is 5.60 Å². The van der Waals surface area contributed by atoms with E-state index in [-0.39, 0.29) is 0 Å². The summed E-state index contributed by atoms with van der Waals surface area (Å²) in [6.45, 7) is 3.16. The summed E-state index contributed by atoms with van der Waals surface area (Å²) in [6.07, 6.45) is 9.86. The molecule has 2 aliphatic rings. The van der Waals surface area contributed by atoms with Crippen LogP contribution in [-0.2, 0) is 0 Å². The fourth-order valence-corrected chi connectivity index (χ4v) is 2.65. The number of hydrogen-bond acceptors (Lipinski definition) is 2. The fourth-order valence-electron chi connectivity index (χ4n) is 2.65. The highest BCUT2D eigenvalue weighted by molar-refractivity contribution is 4.85. The molecule has 1 saturated heterocycles. The number of aliphatic hydroxyl groups is 1. The molecule has 0 aromatic rings. The SMILES string of the molecule is CC(O)(CCC1CC1)CC1CCCCN1. The lowest BCUT2D eigenvalue weighted by Gasteiger charge is -2.31. The molecule has 88 valence electrons. The summed E-state index contributed by atoms with van der Waals surface area (Å²) in [7, 11) is 0. The molecule has 0 spiro atoms. The second-order valence-corrected chi connectivity index (χ2v) is 5.83. The van der Waals surface area contributed by atoms with Gasteiger partial charge in [-0.05, 0) is 51.5 Å². The highest BCUT2D eigenvalue weighted by Gasteiger charge is 2.29. The molecule has 1 heterocycles. The molecule has 2 unspecified atom stereocenters. The van der Waals surface area contributed by atoms with Gasteiger partial charge in [-0.1, -0.05) is 19.3 Å². The summed E-state index contributed by atoms with van der Waals surface area (Å²) in [5.41, 5.74) is -0.433. The van der Waals surface area contributed by atoms with E-state index in [1.54, 1.807) is 0 Å². The van der Waals surface area contributed by atoms with Crippen LogP contribution in [0.15, 0.2) is 0 Å². The zero-order valence-corrected chi connectivity index (χ0v) is 9.97. The maximum Gasteiger partial charge on any atom is 0.0634 e.